The van der Waals surface area contributed by atoms with Gasteiger partial charge in [0.2, 0.25) is 0 Å². The SMILES string of the molecule is C/C1=C\[C@H]2OC(=O)[C@@H](C)[C@@H]2CC[C@](C)(O)[C@H](O)CC1. The van der Waals surface area contributed by atoms with E-state index in [1.807, 2.05) is 19.9 Å². The van der Waals surface area contributed by atoms with Crippen molar-refractivity contribution in [2.75, 3.05) is 0 Å². The lowest BCUT2D eigenvalue weighted by Gasteiger charge is -2.32. The van der Waals surface area contributed by atoms with E-state index >= 15 is 0 Å². The van der Waals surface area contributed by atoms with Gasteiger partial charge < -0.3 is 14.9 Å². The van der Waals surface area contributed by atoms with Gasteiger partial charge in [-0.1, -0.05) is 12.5 Å². The number of allylic oxidation sites excluding steroid dienone is 1. The molecule has 0 aromatic heterocycles. The third-order valence-corrected chi connectivity index (χ3v) is 4.65. The number of carbonyl (C=O) groups excluding carboxylic acids is 1. The molecule has 1 fully saturated rings. The van der Waals surface area contributed by atoms with Crippen molar-refractivity contribution in [3.8, 4) is 0 Å². The lowest BCUT2D eigenvalue weighted by molar-refractivity contribution is -0.142. The van der Waals surface area contributed by atoms with E-state index in [1.54, 1.807) is 6.92 Å². The van der Waals surface area contributed by atoms with Gasteiger partial charge in [0.15, 0.2) is 0 Å². The van der Waals surface area contributed by atoms with Crippen LogP contribution in [0, 0.1) is 11.8 Å². The van der Waals surface area contributed by atoms with Crippen molar-refractivity contribution >= 4 is 5.97 Å². The molecule has 19 heavy (non-hydrogen) atoms. The van der Waals surface area contributed by atoms with Gasteiger partial charge in [-0.05, 0) is 45.6 Å². The maximum Gasteiger partial charge on any atom is 0.309 e. The fraction of sp³-hybridized carbons (Fsp3) is 0.800. The molecule has 0 aromatic rings. The van der Waals surface area contributed by atoms with Gasteiger partial charge in [0.1, 0.15) is 6.10 Å². The predicted octanol–water partition coefficient (Wildman–Crippen LogP) is 1.80. The monoisotopic (exact) mass is 268 g/mol. The molecule has 4 heteroatoms. The van der Waals surface area contributed by atoms with Gasteiger partial charge in [0.25, 0.3) is 0 Å². The van der Waals surface area contributed by atoms with Gasteiger partial charge in [-0.15, -0.1) is 0 Å². The molecule has 0 bridgehead atoms. The Morgan fingerprint density at radius 2 is 2.11 bits per heavy atom. The van der Waals surface area contributed by atoms with Gasteiger partial charge in [-0.25, -0.2) is 0 Å². The van der Waals surface area contributed by atoms with Crippen LogP contribution in [0.5, 0.6) is 0 Å². The van der Waals surface area contributed by atoms with Crippen LogP contribution in [0.2, 0.25) is 0 Å². The van der Waals surface area contributed by atoms with Crippen LogP contribution in [0.25, 0.3) is 0 Å². The number of ether oxygens (including phenoxy) is 1. The molecule has 5 atom stereocenters. The van der Waals surface area contributed by atoms with Crippen LogP contribution in [0.4, 0.5) is 0 Å². The Labute approximate surface area is 114 Å². The molecular weight excluding hydrogens is 244 g/mol. The van der Waals surface area contributed by atoms with Gasteiger partial charge in [0.05, 0.1) is 17.6 Å². The quantitative estimate of drug-likeness (QED) is 0.519. The van der Waals surface area contributed by atoms with E-state index in [-0.39, 0.29) is 23.9 Å². The molecule has 2 N–H and O–H groups in total. The molecule has 2 rings (SSSR count). The van der Waals surface area contributed by atoms with Gasteiger partial charge in [-0.3, -0.25) is 4.79 Å². The van der Waals surface area contributed by atoms with E-state index in [2.05, 4.69) is 0 Å². The summed E-state index contributed by atoms with van der Waals surface area (Å²) in [7, 11) is 0. The summed E-state index contributed by atoms with van der Waals surface area (Å²) in [5.41, 5.74) is 0.0155. The first kappa shape index (κ1) is 14.5. The van der Waals surface area contributed by atoms with E-state index < -0.39 is 11.7 Å². The number of carbonyl (C=O) groups is 1. The van der Waals surface area contributed by atoms with E-state index in [1.165, 1.54) is 0 Å². The molecule has 1 aliphatic carbocycles. The Morgan fingerprint density at radius 3 is 2.79 bits per heavy atom. The van der Waals surface area contributed by atoms with Crippen LogP contribution in [0.15, 0.2) is 11.6 Å². The second-order valence-corrected chi connectivity index (χ2v) is 6.32. The fourth-order valence-electron chi connectivity index (χ4n) is 3.02. The summed E-state index contributed by atoms with van der Waals surface area (Å²) in [6.07, 6.45) is 3.55. The zero-order valence-corrected chi connectivity index (χ0v) is 11.9. The lowest BCUT2D eigenvalue weighted by atomic mass is 9.80. The topological polar surface area (TPSA) is 66.8 Å². The van der Waals surface area contributed by atoms with Gasteiger partial charge >= 0.3 is 5.97 Å². The van der Waals surface area contributed by atoms with Gasteiger partial charge in [0, 0.05) is 5.92 Å². The molecule has 0 unspecified atom stereocenters. The summed E-state index contributed by atoms with van der Waals surface area (Å²) < 4.78 is 5.42. The lowest BCUT2D eigenvalue weighted by Crippen LogP contribution is -2.40. The first-order valence-electron chi connectivity index (χ1n) is 7.09. The largest absolute Gasteiger partial charge is 0.458 e. The van der Waals surface area contributed by atoms with Crippen LogP contribution < -0.4 is 0 Å². The Kier molecular flexibility index (Phi) is 4.02. The summed E-state index contributed by atoms with van der Waals surface area (Å²) in [6.45, 7) is 5.54. The number of rotatable bonds is 0. The van der Waals surface area contributed by atoms with Crippen LogP contribution >= 0.6 is 0 Å². The van der Waals surface area contributed by atoms with Crippen molar-refractivity contribution in [2.45, 2.75) is 64.3 Å². The highest BCUT2D eigenvalue weighted by molar-refractivity contribution is 5.75. The Bertz CT molecular complexity index is 386. The van der Waals surface area contributed by atoms with Crippen molar-refractivity contribution in [2.24, 2.45) is 11.8 Å². The number of aliphatic hydroxyl groups is 2. The zero-order valence-electron chi connectivity index (χ0n) is 11.9. The van der Waals surface area contributed by atoms with Crippen LogP contribution in [-0.4, -0.2) is 34.0 Å². The van der Waals surface area contributed by atoms with Crippen LogP contribution in [-0.2, 0) is 9.53 Å². The third-order valence-electron chi connectivity index (χ3n) is 4.65. The molecule has 1 aliphatic heterocycles. The fourth-order valence-corrected chi connectivity index (χ4v) is 3.02. The molecule has 2 aliphatic rings. The minimum Gasteiger partial charge on any atom is -0.458 e. The minimum absolute atomic E-state index is 0.0965. The van der Waals surface area contributed by atoms with Crippen molar-refractivity contribution in [3.63, 3.8) is 0 Å². The van der Waals surface area contributed by atoms with E-state index in [4.69, 9.17) is 4.74 Å². The highest BCUT2D eigenvalue weighted by atomic mass is 16.6. The van der Waals surface area contributed by atoms with Crippen molar-refractivity contribution in [1.29, 1.82) is 0 Å². The standard InChI is InChI=1S/C15H24O4/c1-9-4-5-13(16)15(3,18)7-6-11-10(2)14(17)19-12(11)8-9/h8,10-13,16,18H,4-7H2,1-3H3/b9-8+/t10-,11-,12+,13+,15-/m0/s1. The first-order chi connectivity index (χ1) is 8.81. The maximum atomic E-state index is 11.7. The summed E-state index contributed by atoms with van der Waals surface area (Å²) >= 11 is 0. The number of hydrogen-bond donors (Lipinski definition) is 2. The normalized spacial score (nSPS) is 47.0. The average Bonchev–Trinajstić information content (AvgIpc) is 2.59. The second-order valence-electron chi connectivity index (χ2n) is 6.32. The molecule has 1 saturated heterocycles. The van der Waals surface area contributed by atoms with E-state index in [0.29, 0.717) is 25.7 Å². The van der Waals surface area contributed by atoms with E-state index in [9.17, 15) is 15.0 Å². The molecule has 0 aromatic carbocycles. The van der Waals surface area contributed by atoms with Crippen molar-refractivity contribution in [3.05, 3.63) is 11.6 Å². The van der Waals surface area contributed by atoms with Crippen LogP contribution in [0.1, 0.15) is 46.5 Å². The molecule has 0 radical (unpaired) electrons. The molecule has 0 saturated carbocycles. The Balaban J connectivity index is 2.24. The Hall–Kier alpha value is -0.870. The minimum atomic E-state index is -1.09. The summed E-state index contributed by atoms with van der Waals surface area (Å²) in [4.78, 5) is 11.7. The Morgan fingerprint density at radius 1 is 1.42 bits per heavy atom. The first-order valence-corrected chi connectivity index (χ1v) is 7.09. The molecule has 0 spiro atoms. The maximum absolute atomic E-state index is 11.7. The number of esters is 1. The third kappa shape index (κ3) is 3.00. The van der Waals surface area contributed by atoms with Gasteiger partial charge in [-0.2, -0.15) is 0 Å². The summed E-state index contributed by atoms with van der Waals surface area (Å²) in [5, 5.41) is 20.4. The molecule has 108 valence electrons. The molecular formula is C15H24O4. The second kappa shape index (κ2) is 5.25. The highest BCUT2D eigenvalue weighted by Gasteiger charge is 2.42. The highest BCUT2D eigenvalue weighted by Crippen LogP contribution is 2.37. The molecule has 1 heterocycles. The smallest absolute Gasteiger partial charge is 0.309 e. The summed E-state index contributed by atoms with van der Waals surface area (Å²) in [5.74, 6) is -0.195. The number of hydrogen-bond acceptors (Lipinski definition) is 4. The zero-order chi connectivity index (χ0) is 14.2. The average molecular weight is 268 g/mol. The van der Waals surface area contributed by atoms with Crippen molar-refractivity contribution < 1.29 is 19.7 Å². The van der Waals surface area contributed by atoms with E-state index in [0.717, 1.165) is 5.57 Å². The number of aliphatic hydroxyl groups excluding tert-OH is 1. The molecule has 4 nitrogen and oxygen atoms in total. The predicted molar refractivity (Wildman–Crippen MR) is 71.4 cm³/mol. The number of fused-ring (bicyclic) bond motifs is 1. The summed E-state index contributed by atoms with van der Waals surface area (Å²) in [6, 6.07) is 0. The van der Waals surface area contributed by atoms with Crippen molar-refractivity contribution in [1.82, 2.24) is 0 Å². The van der Waals surface area contributed by atoms with Crippen LogP contribution in [0.3, 0.4) is 0 Å². The molecule has 0 amide bonds.